The van der Waals surface area contributed by atoms with Crippen LogP contribution in [0, 0.1) is 13.8 Å². The Hall–Kier alpha value is -6.82. The van der Waals surface area contributed by atoms with Crippen molar-refractivity contribution >= 4 is 99.8 Å². The van der Waals surface area contributed by atoms with E-state index in [9.17, 15) is 0 Å². The predicted octanol–water partition coefficient (Wildman–Crippen LogP) is 18.2. The van der Waals surface area contributed by atoms with Crippen LogP contribution in [0.15, 0.2) is 146 Å². The van der Waals surface area contributed by atoms with Crippen molar-refractivity contribution in [1.82, 2.24) is 4.57 Å². The van der Waals surface area contributed by atoms with Crippen molar-refractivity contribution in [3.63, 3.8) is 0 Å². The molecule has 4 aliphatic heterocycles. The summed E-state index contributed by atoms with van der Waals surface area (Å²) in [6.45, 7) is 37.5. The Balaban J connectivity index is 1.19. The minimum atomic E-state index is -0.316. The smallest absolute Gasteiger partial charge is 0.252 e. The van der Waals surface area contributed by atoms with Crippen LogP contribution >= 0.6 is 11.3 Å². The van der Waals surface area contributed by atoms with Crippen molar-refractivity contribution < 1.29 is 0 Å². The van der Waals surface area contributed by atoms with Gasteiger partial charge in [0.2, 0.25) is 0 Å². The molecule has 0 saturated heterocycles. The molecule has 10 aromatic rings. The number of benzene rings is 8. The number of anilines is 6. The second-order valence-corrected chi connectivity index (χ2v) is 28.3. The zero-order valence-corrected chi connectivity index (χ0v) is 48.5. The molecule has 6 heterocycles. The highest BCUT2D eigenvalue weighted by Gasteiger charge is 2.45. The molecule has 4 bridgehead atoms. The monoisotopic (exact) mass is 1010 g/mol. The minimum Gasteiger partial charge on any atom is -0.311 e. The number of nitrogens with zero attached hydrogens (tertiary/aromatic N) is 3. The van der Waals surface area contributed by atoms with E-state index < -0.39 is 0 Å². The summed E-state index contributed by atoms with van der Waals surface area (Å²) >= 11 is 1.96. The van der Waals surface area contributed by atoms with Gasteiger partial charge in [-0.25, -0.2) is 0 Å². The first-order valence-corrected chi connectivity index (χ1v) is 28.5. The van der Waals surface area contributed by atoms with Gasteiger partial charge in [-0.05, 0) is 163 Å². The van der Waals surface area contributed by atoms with Gasteiger partial charge in [-0.15, -0.1) is 11.3 Å². The van der Waals surface area contributed by atoms with Gasteiger partial charge in [-0.1, -0.05) is 182 Å². The SMILES string of the molecule is Cc1cc(C(C)(C)C)ccc1N(c1ccc2c(c1)N1c3ccc(C(C)(C)C)cc3-c3ccc(cc3)C(C)(C)c3cc1c1c(c3)-n3c4c(cc(C(C)(C)C)cc4c4sc5ccccc5c43)B21)c1ccc(C(C)(C)C)cc1C. The molecule has 8 aromatic carbocycles. The van der Waals surface area contributed by atoms with Crippen LogP contribution in [-0.4, -0.2) is 11.3 Å². The molecule has 0 fully saturated rings. The maximum Gasteiger partial charge on any atom is 0.252 e. The average molecular weight is 1010 g/mol. The Morgan fingerprint density at radius 2 is 1.07 bits per heavy atom. The van der Waals surface area contributed by atoms with E-state index >= 15 is 0 Å². The molecular weight excluding hydrogens is 938 g/mol. The third-order valence-electron chi connectivity index (χ3n) is 17.7. The van der Waals surface area contributed by atoms with E-state index in [0.29, 0.717) is 0 Å². The maximum atomic E-state index is 2.71. The highest BCUT2D eigenvalue weighted by molar-refractivity contribution is 7.26. The van der Waals surface area contributed by atoms with Gasteiger partial charge in [0, 0.05) is 60.6 Å². The first kappa shape index (κ1) is 48.8. The summed E-state index contributed by atoms with van der Waals surface area (Å²) in [7, 11) is 0. The number of fused-ring (bicyclic) bond motifs is 11. The quantitative estimate of drug-likeness (QED) is 0.163. The molecule has 0 amide bonds. The number of rotatable bonds is 3. The zero-order valence-electron chi connectivity index (χ0n) is 47.7. The van der Waals surface area contributed by atoms with Gasteiger partial charge in [0.25, 0.3) is 6.71 Å². The van der Waals surface area contributed by atoms with E-state index in [1.165, 1.54) is 137 Å². The molecule has 76 heavy (non-hydrogen) atoms. The normalized spacial score (nSPS) is 14.6. The van der Waals surface area contributed by atoms with Gasteiger partial charge in [0.15, 0.2) is 0 Å². The number of aromatic nitrogens is 1. The number of hydrogen-bond acceptors (Lipinski definition) is 3. The van der Waals surface area contributed by atoms with Crippen molar-refractivity contribution in [3.8, 4) is 16.8 Å². The summed E-state index contributed by atoms with van der Waals surface area (Å²) in [4.78, 5) is 5.25. The predicted molar refractivity (Wildman–Crippen MR) is 332 cm³/mol. The third-order valence-corrected chi connectivity index (χ3v) is 18.9. The van der Waals surface area contributed by atoms with E-state index in [1.54, 1.807) is 0 Å². The summed E-state index contributed by atoms with van der Waals surface area (Å²) in [6.07, 6.45) is 0. The Kier molecular flexibility index (Phi) is 10.3. The van der Waals surface area contributed by atoms with Crippen LogP contribution in [0.5, 0.6) is 0 Å². The van der Waals surface area contributed by atoms with Crippen LogP contribution in [0.3, 0.4) is 0 Å². The van der Waals surface area contributed by atoms with Crippen molar-refractivity contribution in [2.45, 2.75) is 138 Å². The van der Waals surface area contributed by atoms with Gasteiger partial charge < -0.3 is 14.4 Å². The lowest BCUT2D eigenvalue weighted by molar-refractivity contribution is 0.589. The summed E-state index contributed by atoms with van der Waals surface area (Å²) in [5, 5.41) is 2.68. The number of aryl methyl sites for hydroxylation is 2. The second-order valence-electron chi connectivity index (χ2n) is 27.3. The minimum absolute atomic E-state index is 0.0180. The standard InChI is InChI=1S/C71H72BN3S/c1-41-33-45(67(3,4)5)25-30-56(41)73(57-31-26-46(34-42(57)2)68(6,7)8)50-28-29-54-59(40-50)74-58-32-27-47(69(9,10)11)35-52(58)43-21-23-44(24-22-43)71(15,16)49-38-60(74)63-61(39-49)75-64-53(36-48(70(12,13)14)37-55(64)72(54)63)66-65(75)51-19-17-18-20-62(51)76-66/h17-40H,1-16H3. The zero-order chi connectivity index (χ0) is 53.5. The number of thiophene rings is 1. The Labute approximate surface area is 456 Å². The van der Waals surface area contributed by atoms with E-state index in [-0.39, 0.29) is 33.8 Å². The first-order valence-electron chi connectivity index (χ1n) is 27.7. The van der Waals surface area contributed by atoms with Gasteiger partial charge in [-0.2, -0.15) is 0 Å². The fourth-order valence-electron chi connectivity index (χ4n) is 13.0. The third kappa shape index (κ3) is 7.20. The molecule has 4 aliphatic rings. The van der Waals surface area contributed by atoms with Crippen LogP contribution in [0.1, 0.15) is 141 Å². The van der Waals surface area contributed by atoms with Crippen molar-refractivity contribution in [3.05, 3.63) is 190 Å². The van der Waals surface area contributed by atoms with Gasteiger partial charge in [0.1, 0.15) is 0 Å². The van der Waals surface area contributed by atoms with E-state index in [1.807, 2.05) is 11.3 Å². The fraction of sp³-hybridized carbons (Fsp3) is 0.296. The molecule has 0 spiro atoms. The molecule has 0 N–H and O–H groups in total. The first-order chi connectivity index (χ1) is 35.8. The Morgan fingerprint density at radius 3 is 1.68 bits per heavy atom. The highest BCUT2D eigenvalue weighted by Crippen LogP contribution is 2.52. The van der Waals surface area contributed by atoms with E-state index in [2.05, 4.69) is 271 Å². The van der Waals surface area contributed by atoms with Crippen LogP contribution in [0.25, 0.3) is 48.0 Å². The molecule has 0 atom stereocenters. The summed E-state index contributed by atoms with van der Waals surface area (Å²) in [6, 6.07) is 58.1. The molecule has 0 radical (unpaired) electrons. The highest BCUT2D eigenvalue weighted by atomic mass is 32.1. The molecule has 3 nitrogen and oxygen atoms in total. The maximum absolute atomic E-state index is 2.71. The lowest BCUT2D eigenvalue weighted by atomic mass is 9.33. The molecule has 5 heteroatoms. The van der Waals surface area contributed by atoms with Crippen molar-refractivity contribution in [2.24, 2.45) is 0 Å². The molecule has 0 aliphatic carbocycles. The van der Waals surface area contributed by atoms with E-state index in [0.717, 1.165) is 5.69 Å². The summed E-state index contributed by atoms with van der Waals surface area (Å²) < 4.78 is 5.41. The van der Waals surface area contributed by atoms with Gasteiger partial charge in [0.05, 0.1) is 21.4 Å². The van der Waals surface area contributed by atoms with Crippen molar-refractivity contribution in [1.29, 1.82) is 0 Å². The Bertz CT molecular complexity index is 4030. The Morgan fingerprint density at radius 1 is 0.474 bits per heavy atom. The molecular formula is C71H72BN3S. The lowest BCUT2D eigenvalue weighted by Gasteiger charge is -2.43. The van der Waals surface area contributed by atoms with Gasteiger partial charge >= 0.3 is 0 Å². The molecule has 0 unspecified atom stereocenters. The fourth-order valence-corrected chi connectivity index (χ4v) is 14.2. The largest absolute Gasteiger partial charge is 0.311 e. The molecule has 14 rings (SSSR count). The molecule has 2 aromatic heterocycles. The number of hydrogen-bond donors (Lipinski definition) is 0. The van der Waals surface area contributed by atoms with Crippen LogP contribution in [-0.2, 0) is 27.1 Å². The molecule has 0 saturated carbocycles. The van der Waals surface area contributed by atoms with Gasteiger partial charge in [-0.3, -0.25) is 0 Å². The average Bonchev–Trinajstić information content (AvgIpc) is 4.06. The summed E-state index contributed by atoms with van der Waals surface area (Å²) in [5.41, 5.74) is 27.8. The lowest BCUT2D eigenvalue weighted by Crippen LogP contribution is -2.60. The van der Waals surface area contributed by atoms with Crippen LogP contribution in [0.2, 0.25) is 0 Å². The second kappa shape index (κ2) is 16.1. The summed E-state index contributed by atoms with van der Waals surface area (Å²) in [5.74, 6) is 0. The van der Waals surface area contributed by atoms with Crippen molar-refractivity contribution in [2.75, 3.05) is 9.80 Å². The topological polar surface area (TPSA) is 11.4 Å². The molecule has 380 valence electrons. The van der Waals surface area contributed by atoms with Crippen LogP contribution < -0.4 is 26.2 Å². The van der Waals surface area contributed by atoms with E-state index in [4.69, 9.17) is 0 Å². The van der Waals surface area contributed by atoms with Crippen LogP contribution in [0.4, 0.5) is 34.1 Å².